The van der Waals surface area contributed by atoms with Crippen LogP contribution in [-0.4, -0.2) is 63.1 Å². The molecular weight excluding hydrogens is 560 g/mol. The van der Waals surface area contributed by atoms with Gasteiger partial charge in [0.05, 0.1) is 13.2 Å². The summed E-state index contributed by atoms with van der Waals surface area (Å²) in [7, 11) is 0. The van der Waals surface area contributed by atoms with Crippen molar-refractivity contribution in [3.8, 4) is 34.5 Å². The van der Waals surface area contributed by atoms with E-state index in [1.807, 2.05) is 60.7 Å². The average Bonchev–Trinajstić information content (AvgIpc) is 3.99. The first-order chi connectivity index (χ1) is 21.4. The molecule has 2 saturated heterocycles. The van der Waals surface area contributed by atoms with E-state index < -0.39 is 6.10 Å². The predicted octanol–water partition coefficient (Wildman–Crippen LogP) is 6.18. The summed E-state index contributed by atoms with van der Waals surface area (Å²) in [6, 6.07) is 30.9. The predicted molar refractivity (Wildman–Crippen MR) is 165 cm³/mol. The summed E-state index contributed by atoms with van der Waals surface area (Å²) in [5.41, 5.74) is 2.15. The molecule has 2 aliphatic heterocycles. The van der Waals surface area contributed by atoms with Crippen LogP contribution in [0.3, 0.4) is 0 Å². The first-order valence-corrected chi connectivity index (χ1v) is 14.9. The molecule has 0 amide bonds. The lowest BCUT2D eigenvalue weighted by Gasteiger charge is -2.26. The van der Waals surface area contributed by atoms with Gasteiger partial charge in [0, 0.05) is 5.41 Å². The number of aliphatic hydroxyl groups excluding tert-OH is 1. The topological polar surface area (TPSA) is 91.4 Å². The third-order valence-electron chi connectivity index (χ3n) is 7.60. The van der Waals surface area contributed by atoms with Crippen molar-refractivity contribution in [1.82, 2.24) is 0 Å². The Morgan fingerprint density at radius 2 is 0.886 bits per heavy atom. The standard InChI is InChI=1S/C36H38O8/c1-36(2,26-5-9-29(10-6-26)40-21-34-23-42-34)25-3-7-28(8-4-25)38-19-27(37)20-39-30-11-15-32(16-12-30)44-33-17-13-31(14-18-33)41-22-35-24-43-35/h3-18,27,34-35,37H,19-24H2,1-2H3. The maximum absolute atomic E-state index is 10.4. The van der Waals surface area contributed by atoms with Crippen molar-refractivity contribution >= 4 is 0 Å². The lowest BCUT2D eigenvalue weighted by atomic mass is 9.78. The minimum absolute atomic E-state index is 0.103. The quantitative estimate of drug-likeness (QED) is 0.153. The molecule has 4 aromatic carbocycles. The molecule has 0 radical (unpaired) electrons. The van der Waals surface area contributed by atoms with Gasteiger partial charge in [0.25, 0.3) is 0 Å². The zero-order valence-corrected chi connectivity index (χ0v) is 25.0. The summed E-state index contributed by atoms with van der Waals surface area (Å²) in [5, 5.41) is 10.4. The minimum Gasteiger partial charge on any atom is -0.491 e. The zero-order valence-electron chi connectivity index (χ0n) is 25.0. The van der Waals surface area contributed by atoms with Gasteiger partial charge in [0.2, 0.25) is 0 Å². The van der Waals surface area contributed by atoms with E-state index in [0.29, 0.717) is 36.2 Å². The third kappa shape index (κ3) is 8.44. The van der Waals surface area contributed by atoms with Crippen molar-refractivity contribution in [3.05, 3.63) is 108 Å². The van der Waals surface area contributed by atoms with Gasteiger partial charge >= 0.3 is 0 Å². The Bertz CT molecular complexity index is 1460. The summed E-state index contributed by atoms with van der Waals surface area (Å²) >= 11 is 0. The summed E-state index contributed by atoms with van der Waals surface area (Å²) < 4.78 is 39.3. The lowest BCUT2D eigenvalue weighted by Crippen LogP contribution is -2.25. The Morgan fingerprint density at radius 3 is 1.25 bits per heavy atom. The van der Waals surface area contributed by atoms with Crippen molar-refractivity contribution < 1.29 is 38.3 Å². The van der Waals surface area contributed by atoms with Crippen LogP contribution in [0.2, 0.25) is 0 Å². The number of ether oxygens (including phenoxy) is 7. The van der Waals surface area contributed by atoms with Crippen LogP contribution in [-0.2, 0) is 14.9 Å². The maximum atomic E-state index is 10.4. The van der Waals surface area contributed by atoms with Crippen LogP contribution < -0.4 is 23.7 Å². The number of rotatable bonds is 16. The highest BCUT2D eigenvalue weighted by atomic mass is 16.6. The van der Waals surface area contributed by atoms with Crippen molar-refractivity contribution in [2.75, 3.05) is 39.6 Å². The largest absolute Gasteiger partial charge is 0.491 e. The van der Waals surface area contributed by atoms with Crippen LogP contribution in [0.1, 0.15) is 25.0 Å². The van der Waals surface area contributed by atoms with Gasteiger partial charge in [-0.15, -0.1) is 0 Å². The van der Waals surface area contributed by atoms with Gasteiger partial charge in [-0.05, 0) is 83.9 Å². The van der Waals surface area contributed by atoms with Gasteiger partial charge in [-0.25, -0.2) is 0 Å². The molecule has 0 aromatic heterocycles. The fraction of sp³-hybridized carbons (Fsp3) is 0.333. The molecular formula is C36H38O8. The van der Waals surface area contributed by atoms with Crippen LogP contribution >= 0.6 is 0 Å². The summed E-state index contributed by atoms with van der Waals surface area (Å²) in [6.07, 6.45) is -0.329. The zero-order chi connectivity index (χ0) is 30.4. The average molecular weight is 599 g/mol. The van der Waals surface area contributed by atoms with E-state index in [1.54, 1.807) is 12.1 Å². The smallest absolute Gasteiger partial charge is 0.127 e. The second-order valence-corrected chi connectivity index (χ2v) is 11.5. The molecule has 0 spiro atoms. The number of hydrogen-bond acceptors (Lipinski definition) is 8. The number of hydrogen-bond donors (Lipinski definition) is 1. The second kappa shape index (κ2) is 13.6. The summed E-state index contributed by atoms with van der Waals surface area (Å²) in [6.45, 7) is 7.32. The molecule has 3 unspecified atom stereocenters. The molecule has 1 N–H and O–H groups in total. The van der Waals surface area contributed by atoms with Gasteiger partial charge in [0.15, 0.2) is 0 Å². The fourth-order valence-corrected chi connectivity index (χ4v) is 4.59. The molecule has 0 saturated carbocycles. The van der Waals surface area contributed by atoms with E-state index in [1.165, 1.54) is 5.56 Å². The molecule has 230 valence electrons. The molecule has 4 aromatic rings. The van der Waals surface area contributed by atoms with Crippen molar-refractivity contribution in [2.24, 2.45) is 0 Å². The van der Waals surface area contributed by atoms with E-state index in [2.05, 4.69) is 38.1 Å². The minimum atomic E-state index is -0.790. The molecule has 2 heterocycles. The highest BCUT2D eigenvalue weighted by molar-refractivity contribution is 5.42. The molecule has 8 heteroatoms. The Kier molecular flexibility index (Phi) is 9.21. The monoisotopic (exact) mass is 598 g/mol. The number of epoxide rings is 2. The number of aliphatic hydroxyl groups is 1. The van der Waals surface area contributed by atoms with E-state index in [4.69, 9.17) is 33.2 Å². The van der Waals surface area contributed by atoms with Crippen LogP contribution in [0.4, 0.5) is 0 Å². The van der Waals surface area contributed by atoms with Crippen LogP contribution in [0.25, 0.3) is 0 Å². The second-order valence-electron chi connectivity index (χ2n) is 11.5. The summed E-state index contributed by atoms with van der Waals surface area (Å²) in [5.74, 6) is 4.33. The van der Waals surface area contributed by atoms with Gasteiger partial charge < -0.3 is 38.3 Å². The van der Waals surface area contributed by atoms with Crippen LogP contribution in [0.5, 0.6) is 34.5 Å². The Labute approximate surface area is 258 Å². The molecule has 8 nitrogen and oxygen atoms in total. The molecule has 3 atom stereocenters. The maximum Gasteiger partial charge on any atom is 0.127 e. The van der Waals surface area contributed by atoms with Crippen molar-refractivity contribution in [1.29, 1.82) is 0 Å². The Balaban J connectivity index is 0.919. The van der Waals surface area contributed by atoms with Crippen LogP contribution in [0, 0.1) is 0 Å². The molecule has 2 aliphatic rings. The lowest BCUT2D eigenvalue weighted by molar-refractivity contribution is 0.0626. The van der Waals surface area contributed by atoms with Crippen molar-refractivity contribution in [3.63, 3.8) is 0 Å². The first-order valence-electron chi connectivity index (χ1n) is 14.9. The fourth-order valence-electron chi connectivity index (χ4n) is 4.59. The first kappa shape index (κ1) is 29.8. The number of benzene rings is 4. The van der Waals surface area contributed by atoms with E-state index in [-0.39, 0.29) is 30.8 Å². The van der Waals surface area contributed by atoms with Crippen LogP contribution in [0.15, 0.2) is 97.1 Å². The molecule has 6 rings (SSSR count). The highest BCUT2D eigenvalue weighted by Crippen LogP contribution is 2.33. The SMILES string of the molecule is CC(C)(c1ccc(OCC(O)COc2ccc(Oc3ccc(OCC4CO4)cc3)cc2)cc1)c1ccc(OCC2CO2)cc1. The normalized spacial score (nSPS) is 17.8. The van der Waals surface area contributed by atoms with Gasteiger partial charge in [-0.3, -0.25) is 0 Å². The Morgan fingerprint density at radius 1 is 0.568 bits per heavy atom. The highest BCUT2D eigenvalue weighted by Gasteiger charge is 2.25. The molecule has 0 bridgehead atoms. The van der Waals surface area contributed by atoms with Gasteiger partial charge in [-0.1, -0.05) is 38.1 Å². The summed E-state index contributed by atoms with van der Waals surface area (Å²) in [4.78, 5) is 0. The molecule has 2 fully saturated rings. The van der Waals surface area contributed by atoms with E-state index in [9.17, 15) is 5.11 Å². The van der Waals surface area contributed by atoms with E-state index >= 15 is 0 Å². The molecule has 44 heavy (non-hydrogen) atoms. The third-order valence-corrected chi connectivity index (χ3v) is 7.60. The molecule has 0 aliphatic carbocycles. The van der Waals surface area contributed by atoms with E-state index in [0.717, 1.165) is 30.3 Å². The van der Waals surface area contributed by atoms with Crippen molar-refractivity contribution in [2.45, 2.75) is 37.6 Å². The Hall–Kier alpha value is -4.24. The van der Waals surface area contributed by atoms with Gasteiger partial charge in [-0.2, -0.15) is 0 Å². The van der Waals surface area contributed by atoms with Gasteiger partial charge in [0.1, 0.15) is 79.2 Å².